The summed E-state index contributed by atoms with van der Waals surface area (Å²) < 4.78 is 0. The lowest BCUT2D eigenvalue weighted by Crippen LogP contribution is -2.48. The molecular formula is C15H25N. The Hall–Kier alpha value is -0.300. The fourth-order valence-corrected chi connectivity index (χ4v) is 4.05. The van der Waals surface area contributed by atoms with Crippen LogP contribution in [-0.2, 0) is 0 Å². The molecule has 0 spiro atoms. The normalized spacial score (nSPS) is 37.0. The third-order valence-corrected chi connectivity index (χ3v) is 5.50. The maximum Gasteiger partial charge on any atom is 0.00187 e. The van der Waals surface area contributed by atoms with Gasteiger partial charge in [-0.15, -0.1) is 0 Å². The van der Waals surface area contributed by atoms with E-state index in [2.05, 4.69) is 24.8 Å². The van der Waals surface area contributed by atoms with Gasteiger partial charge in [-0.1, -0.05) is 25.5 Å². The van der Waals surface area contributed by atoms with Crippen molar-refractivity contribution in [3.63, 3.8) is 0 Å². The lowest BCUT2D eigenvalue weighted by atomic mass is 9.48. The Morgan fingerprint density at radius 2 is 2.06 bits per heavy atom. The van der Waals surface area contributed by atoms with Gasteiger partial charge in [0.15, 0.2) is 0 Å². The molecule has 1 saturated heterocycles. The molecule has 0 amide bonds. The molecule has 2 atom stereocenters. The smallest absolute Gasteiger partial charge is 0.00187 e. The van der Waals surface area contributed by atoms with Crippen molar-refractivity contribution in [3.05, 3.63) is 11.6 Å². The molecule has 0 unspecified atom stereocenters. The van der Waals surface area contributed by atoms with Crippen LogP contribution in [0.2, 0.25) is 0 Å². The van der Waals surface area contributed by atoms with Gasteiger partial charge in [-0.25, -0.2) is 0 Å². The number of hydrogen-bond acceptors (Lipinski definition) is 1. The number of hydrogen-bond donors (Lipinski definition) is 0. The Morgan fingerprint density at radius 1 is 1.31 bits per heavy atom. The molecule has 2 bridgehead atoms. The van der Waals surface area contributed by atoms with Gasteiger partial charge in [0.25, 0.3) is 0 Å². The maximum absolute atomic E-state index is 2.65. The Morgan fingerprint density at radius 3 is 2.69 bits per heavy atom. The van der Waals surface area contributed by atoms with E-state index in [1.165, 1.54) is 51.7 Å². The Kier molecular flexibility index (Phi) is 2.62. The van der Waals surface area contributed by atoms with Crippen LogP contribution in [0.1, 0.15) is 46.0 Å². The lowest BCUT2D eigenvalue weighted by molar-refractivity contribution is -0.00881. The SMILES string of the molecule is CC1(C)[C@H]2CC=C(CCN3CCCC3)[C@@H]1C2. The van der Waals surface area contributed by atoms with E-state index in [1.807, 2.05) is 0 Å². The van der Waals surface area contributed by atoms with Gasteiger partial charge in [0, 0.05) is 6.54 Å². The molecule has 4 aliphatic rings. The lowest BCUT2D eigenvalue weighted by Gasteiger charge is -2.56. The summed E-state index contributed by atoms with van der Waals surface area (Å²) in [7, 11) is 0. The summed E-state index contributed by atoms with van der Waals surface area (Å²) in [4.78, 5) is 2.65. The summed E-state index contributed by atoms with van der Waals surface area (Å²) in [6.45, 7) is 8.99. The molecule has 0 N–H and O–H groups in total. The van der Waals surface area contributed by atoms with E-state index in [-0.39, 0.29) is 0 Å². The van der Waals surface area contributed by atoms with Crippen LogP contribution in [0.3, 0.4) is 0 Å². The zero-order valence-corrected chi connectivity index (χ0v) is 10.8. The molecule has 1 nitrogen and oxygen atoms in total. The summed E-state index contributed by atoms with van der Waals surface area (Å²) in [6, 6.07) is 0. The zero-order valence-electron chi connectivity index (χ0n) is 10.8. The Balaban J connectivity index is 1.57. The molecule has 1 heteroatoms. The number of rotatable bonds is 3. The molecule has 90 valence electrons. The van der Waals surface area contributed by atoms with Gasteiger partial charge in [-0.3, -0.25) is 0 Å². The molecule has 0 aromatic heterocycles. The molecule has 0 aromatic carbocycles. The summed E-state index contributed by atoms with van der Waals surface area (Å²) in [5.74, 6) is 1.92. The van der Waals surface area contributed by atoms with Crippen molar-refractivity contribution >= 4 is 0 Å². The molecule has 1 aliphatic heterocycles. The molecule has 1 saturated carbocycles. The second-order valence-corrected chi connectivity index (χ2v) is 6.62. The standard InChI is InChI=1S/C15H25N/c1-15(2)13-6-5-12(14(15)11-13)7-10-16-8-3-4-9-16/h5,13-14H,3-4,6-11H2,1-2H3/t13-,14-/m0/s1. The summed E-state index contributed by atoms with van der Waals surface area (Å²) in [5, 5.41) is 0. The van der Waals surface area contributed by atoms with Crippen molar-refractivity contribution in [2.24, 2.45) is 17.3 Å². The number of nitrogens with zero attached hydrogens (tertiary/aromatic N) is 1. The van der Waals surface area contributed by atoms with Crippen molar-refractivity contribution in [1.82, 2.24) is 4.90 Å². The number of allylic oxidation sites excluding steroid dienone is 1. The molecule has 0 radical (unpaired) electrons. The zero-order chi connectivity index (χ0) is 11.2. The van der Waals surface area contributed by atoms with E-state index in [0.717, 1.165) is 11.8 Å². The largest absolute Gasteiger partial charge is 0.303 e. The van der Waals surface area contributed by atoms with Gasteiger partial charge in [-0.05, 0) is 62.4 Å². The van der Waals surface area contributed by atoms with Gasteiger partial charge in [0.05, 0.1) is 0 Å². The van der Waals surface area contributed by atoms with Crippen LogP contribution in [0.4, 0.5) is 0 Å². The second-order valence-electron chi connectivity index (χ2n) is 6.62. The first-order chi connectivity index (χ1) is 7.68. The van der Waals surface area contributed by atoms with Gasteiger partial charge in [0.1, 0.15) is 0 Å². The van der Waals surface area contributed by atoms with E-state index >= 15 is 0 Å². The maximum atomic E-state index is 2.65. The van der Waals surface area contributed by atoms with Crippen LogP contribution in [0.15, 0.2) is 11.6 Å². The first-order valence-corrected chi connectivity index (χ1v) is 7.09. The molecule has 0 aromatic rings. The quantitative estimate of drug-likeness (QED) is 0.657. The van der Waals surface area contributed by atoms with E-state index in [0.29, 0.717) is 5.41 Å². The number of likely N-dealkylation sites (tertiary alicyclic amines) is 1. The Bertz CT molecular complexity index is 297. The van der Waals surface area contributed by atoms with E-state index in [4.69, 9.17) is 0 Å². The average Bonchev–Trinajstić information content (AvgIpc) is 2.79. The van der Waals surface area contributed by atoms with Gasteiger partial charge in [-0.2, -0.15) is 0 Å². The Labute approximate surface area is 99.9 Å². The second kappa shape index (κ2) is 3.87. The molecule has 2 fully saturated rings. The van der Waals surface area contributed by atoms with Gasteiger partial charge in [0.2, 0.25) is 0 Å². The van der Waals surface area contributed by atoms with Crippen molar-refractivity contribution in [3.8, 4) is 0 Å². The average molecular weight is 219 g/mol. The highest BCUT2D eigenvalue weighted by Crippen LogP contribution is 2.59. The highest BCUT2D eigenvalue weighted by atomic mass is 15.1. The van der Waals surface area contributed by atoms with E-state index < -0.39 is 0 Å². The molecule has 16 heavy (non-hydrogen) atoms. The topological polar surface area (TPSA) is 3.24 Å². The van der Waals surface area contributed by atoms with Crippen LogP contribution in [0.5, 0.6) is 0 Å². The van der Waals surface area contributed by atoms with E-state index in [9.17, 15) is 0 Å². The molecular weight excluding hydrogens is 194 g/mol. The fourth-order valence-electron chi connectivity index (χ4n) is 4.05. The third kappa shape index (κ3) is 1.64. The van der Waals surface area contributed by atoms with Crippen LogP contribution >= 0.6 is 0 Å². The van der Waals surface area contributed by atoms with Crippen molar-refractivity contribution in [1.29, 1.82) is 0 Å². The first-order valence-electron chi connectivity index (χ1n) is 7.09. The summed E-state index contributed by atoms with van der Waals surface area (Å²) >= 11 is 0. The summed E-state index contributed by atoms with van der Waals surface area (Å²) in [6.07, 6.45) is 9.62. The fraction of sp³-hybridized carbons (Fsp3) is 0.867. The van der Waals surface area contributed by atoms with Gasteiger partial charge >= 0.3 is 0 Å². The highest BCUT2D eigenvalue weighted by molar-refractivity contribution is 5.23. The van der Waals surface area contributed by atoms with Crippen molar-refractivity contribution in [2.45, 2.75) is 46.0 Å². The molecule has 4 rings (SSSR count). The van der Waals surface area contributed by atoms with Crippen LogP contribution in [0.25, 0.3) is 0 Å². The minimum absolute atomic E-state index is 0.620. The molecule has 3 aliphatic carbocycles. The predicted molar refractivity (Wildman–Crippen MR) is 68.4 cm³/mol. The van der Waals surface area contributed by atoms with Crippen LogP contribution < -0.4 is 0 Å². The number of fused-ring (bicyclic) bond motifs is 1. The van der Waals surface area contributed by atoms with Gasteiger partial charge < -0.3 is 4.90 Å². The highest BCUT2D eigenvalue weighted by Gasteiger charge is 2.50. The van der Waals surface area contributed by atoms with Crippen molar-refractivity contribution < 1.29 is 0 Å². The minimum Gasteiger partial charge on any atom is -0.303 e. The minimum atomic E-state index is 0.620. The van der Waals surface area contributed by atoms with Crippen LogP contribution in [0, 0.1) is 17.3 Å². The van der Waals surface area contributed by atoms with Crippen LogP contribution in [-0.4, -0.2) is 24.5 Å². The summed E-state index contributed by atoms with van der Waals surface area (Å²) in [5.41, 5.74) is 2.41. The third-order valence-electron chi connectivity index (χ3n) is 5.50. The van der Waals surface area contributed by atoms with E-state index in [1.54, 1.807) is 5.57 Å². The van der Waals surface area contributed by atoms with Crippen molar-refractivity contribution in [2.75, 3.05) is 19.6 Å². The predicted octanol–water partition coefficient (Wildman–Crippen LogP) is 3.46. The molecule has 1 heterocycles. The first kappa shape index (κ1) is 10.8. The monoisotopic (exact) mass is 219 g/mol.